The minimum Gasteiger partial charge on any atom is -0.434 e. The van der Waals surface area contributed by atoms with E-state index in [9.17, 15) is 13.6 Å². The number of ether oxygens (including phenoxy) is 1. The Morgan fingerprint density at radius 1 is 1.56 bits per heavy atom. The van der Waals surface area contributed by atoms with Crippen LogP contribution >= 0.6 is 0 Å². The van der Waals surface area contributed by atoms with Gasteiger partial charge in [0.15, 0.2) is 0 Å². The van der Waals surface area contributed by atoms with Gasteiger partial charge in [-0.15, -0.1) is 6.42 Å². The van der Waals surface area contributed by atoms with Crippen LogP contribution in [0.15, 0.2) is 18.2 Å². The first-order chi connectivity index (χ1) is 7.67. The molecule has 5 heteroatoms. The van der Waals surface area contributed by atoms with E-state index in [-0.39, 0.29) is 12.3 Å². The molecule has 1 amide bonds. The fourth-order valence-corrected chi connectivity index (χ4v) is 1.15. The summed E-state index contributed by atoms with van der Waals surface area (Å²) in [6, 6.07) is 4.44. The minimum absolute atomic E-state index is 0.0280. The molecule has 0 aliphatic heterocycles. The van der Waals surface area contributed by atoms with E-state index in [2.05, 4.69) is 16.0 Å². The number of carbonyl (C=O) groups excluding carboxylic acids is 1. The first-order valence-electron chi connectivity index (χ1n) is 4.38. The summed E-state index contributed by atoms with van der Waals surface area (Å²) in [4.78, 5) is 10.1. The molecule has 0 aliphatic carbocycles. The molecule has 0 spiro atoms. The summed E-state index contributed by atoms with van der Waals surface area (Å²) in [6.07, 6.45) is 5.61. The monoisotopic (exact) mass is 225 g/mol. The van der Waals surface area contributed by atoms with Crippen LogP contribution in [-0.4, -0.2) is 13.0 Å². The van der Waals surface area contributed by atoms with Crippen LogP contribution in [0.2, 0.25) is 0 Å². The van der Waals surface area contributed by atoms with Gasteiger partial charge in [0.2, 0.25) is 6.41 Å². The van der Waals surface area contributed by atoms with Crippen molar-refractivity contribution in [1.82, 2.24) is 5.32 Å². The maximum Gasteiger partial charge on any atom is 0.387 e. The SMILES string of the molecule is C#Cc1ccc(CNC=O)c(OC(F)F)c1. The predicted octanol–water partition coefficient (Wildman–Crippen LogP) is 1.52. The highest BCUT2D eigenvalue weighted by molar-refractivity contribution is 5.49. The van der Waals surface area contributed by atoms with E-state index >= 15 is 0 Å². The highest BCUT2D eigenvalue weighted by atomic mass is 19.3. The zero-order valence-corrected chi connectivity index (χ0v) is 8.24. The molecule has 1 aromatic rings. The summed E-state index contributed by atoms with van der Waals surface area (Å²) in [5, 5.41) is 2.36. The number of carbonyl (C=O) groups is 1. The molecule has 0 saturated heterocycles. The van der Waals surface area contributed by atoms with E-state index in [1.807, 2.05) is 0 Å². The van der Waals surface area contributed by atoms with E-state index in [4.69, 9.17) is 6.42 Å². The second-order valence-electron chi connectivity index (χ2n) is 2.84. The molecular formula is C11H9F2NO2. The maximum absolute atomic E-state index is 12.1. The third kappa shape index (κ3) is 3.24. The Bertz CT molecular complexity index is 413. The summed E-state index contributed by atoms with van der Waals surface area (Å²) in [7, 11) is 0. The number of terminal acetylenes is 1. The molecule has 0 unspecified atom stereocenters. The van der Waals surface area contributed by atoms with Crippen LogP contribution < -0.4 is 10.1 Å². The molecule has 0 heterocycles. The van der Waals surface area contributed by atoms with Crippen LogP contribution in [0.25, 0.3) is 0 Å². The van der Waals surface area contributed by atoms with Gasteiger partial charge in [-0.25, -0.2) is 0 Å². The van der Waals surface area contributed by atoms with E-state index in [0.29, 0.717) is 17.5 Å². The van der Waals surface area contributed by atoms with Crippen molar-refractivity contribution in [2.45, 2.75) is 13.2 Å². The molecule has 0 saturated carbocycles. The summed E-state index contributed by atoms with van der Waals surface area (Å²) < 4.78 is 28.5. The van der Waals surface area contributed by atoms with Gasteiger partial charge < -0.3 is 10.1 Å². The smallest absolute Gasteiger partial charge is 0.387 e. The molecule has 1 N–H and O–H groups in total. The quantitative estimate of drug-likeness (QED) is 0.609. The Kier molecular flexibility index (Phi) is 4.28. The summed E-state index contributed by atoms with van der Waals surface area (Å²) in [5.41, 5.74) is 0.872. The van der Waals surface area contributed by atoms with Crippen molar-refractivity contribution in [1.29, 1.82) is 0 Å². The molecule has 1 rings (SSSR count). The number of amides is 1. The van der Waals surface area contributed by atoms with Crippen molar-refractivity contribution in [3.05, 3.63) is 29.3 Å². The van der Waals surface area contributed by atoms with Crippen LogP contribution in [0, 0.1) is 12.3 Å². The van der Waals surface area contributed by atoms with Crippen molar-refractivity contribution in [3.8, 4) is 18.1 Å². The lowest BCUT2D eigenvalue weighted by Gasteiger charge is -2.10. The molecule has 16 heavy (non-hydrogen) atoms. The number of rotatable bonds is 5. The fourth-order valence-electron chi connectivity index (χ4n) is 1.15. The van der Waals surface area contributed by atoms with Crippen molar-refractivity contribution < 1.29 is 18.3 Å². The largest absolute Gasteiger partial charge is 0.434 e. The lowest BCUT2D eigenvalue weighted by molar-refractivity contribution is -0.109. The first kappa shape index (κ1) is 12.0. The van der Waals surface area contributed by atoms with Crippen molar-refractivity contribution in [2.75, 3.05) is 0 Å². The van der Waals surface area contributed by atoms with Crippen molar-refractivity contribution >= 4 is 6.41 Å². The number of hydrogen-bond acceptors (Lipinski definition) is 2. The summed E-state index contributed by atoms with van der Waals surface area (Å²) in [5.74, 6) is 2.28. The Morgan fingerprint density at radius 2 is 2.31 bits per heavy atom. The lowest BCUT2D eigenvalue weighted by atomic mass is 10.1. The van der Waals surface area contributed by atoms with Gasteiger partial charge in [0, 0.05) is 17.7 Å². The molecule has 0 fully saturated rings. The standard InChI is InChI=1S/C11H9F2NO2/c1-2-8-3-4-9(6-14-7-15)10(5-8)16-11(12)13/h1,3-5,7,11H,6H2,(H,14,15). The van der Waals surface area contributed by atoms with Gasteiger partial charge in [-0.3, -0.25) is 4.79 Å². The van der Waals surface area contributed by atoms with Crippen molar-refractivity contribution in [2.24, 2.45) is 0 Å². The highest BCUT2D eigenvalue weighted by Crippen LogP contribution is 2.22. The number of benzene rings is 1. The number of alkyl halides is 2. The predicted molar refractivity (Wildman–Crippen MR) is 53.9 cm³/mol. The van der Waals surface area contributed by atoms with Crippen LogP contribution in [0.4, 0.5) is 8.78 Å². The molecule has 0 bridgehead atoms. The average Bonchev–Trinajstić information content (AvgIpc) is 2.26. The zero-order chi connectivity index (χ0) is 12.0. The maximum atomic E-state index is 12.1. The molecule has 0 aliphatic rings. The number of hydrogen-bond donors (Lipinski definition) is 1. The summed E-state index contributed by atoms with van der Waals surface area (Å²) in [6.45, 7) is -2.82. The van der Waals surface area contributed by atoms with Crippen LogP contribution in [-0.2, 0) is 11.3 Å². The third-order valence-corrected chi connectivity index (χ3v) is 1.83. The fraction of sp³-hybridized carbons (Fsp3) is 0.182. The normalized spacial score (nSPS) is 9.62. The van der Waals surface area contributed by atoms with Gasteiger partial charge >= 0.3 is 6.61 Å². The topological polar surface area (TPSA) is 38.3 Å². The van der Waals surface area contributed by atoms with Gasteiger partial charge in [0.25, 0.3) is 0 Å². The number of halogens is 2. The van der Waals surface area contributed by atoms with E-state index < -0.39 is 6.61 Å². The van der Waals surface area contributed by atoms with Crippen LogP contribution in [0.3, 0.4) is 0 Å². The Hall–Kier alpha value is -2.09. The average molecular weight is 225 g/mol. The Balaban J connectivity index is 2.96. The van der Waals surface area contributed by atoms with Gasteiger partial charge in [0.05, 0.1) is 0 Å². The second kappa shape index (κ2) is 5.71. The van der Waals surface area contributed by atoms with Gasteiger partial charge in [-0.05, 0) is 12.1 Å². The molecule has 0 atom stereocenters. The molecule has 84 valence electrons. The van der Waals surface area contributed by atoms with Crippen LogP contribution in [0.5, 0.6) is 5.75 Å². The van der Waals surface area contributed by atoms with E-state index in [0.717, 1.165) is 0 Å². The first-order valence-corrected chi connectivity index (χ1v) is 4.38. The van der Waals surface area contributed by atoms with Crippen molar-refractivity contribution in [3.63, 3.8) is 0 Å². The zero-order valence-electron chi connectivity index (χ0n) is 8.24. The molecule has 3 nitrogen and oxygen atoms in total. The molecule has 0 aromatic heterocycles. The second-order valence-corrected chi connectivity index (χ2v) is 2.84. The molecule has 1 aromatic carbocycles. The summed E-state index contributed by atoms with van der Waals surface area (Å²) >= 11 is 0. The van der Waals surface area contributed by atoms with Crippen LogP contribution in [0.1, 0.15) is 11.1 Å². The van der Waals surface area contributed by atoms with Gasteiger partial charge in [-0.2, -0.15) is 8.78 Å². The minimum atomic E-state index is -2.93. The lowest BCUT2D eigenvalue weighted by Crippen LogP contribution is -2.12. The van der Waals surface area contributed by atoms with Gasteiger partial charge in [-0.1, -0.05) is 12.0 Å². The third-order valence-electron chi connectivity index (χ3n) is 1.83. The van der Waals surface area contributed by atoms with E-state index in [1.165, 1.54) is 12.1 Å². The van der Waals surface area contributed by atoms with E-state index in [1.54, 1.807) is 6.07 Å². The molecule has 0 radical (unpaired) electrons. The highest BCUT2D eigenvalue weighted by Gasteiger charge is 2.09. The number of nitrogens with one attached hydrogen (secondary N) is 1. The van der Waals surface area contributed by atoms with Gasteiger partial charge in [0.1, 0.15) is 5.75 Å². The Morgan fingerprint density at radius 3 is 2.88 bits per heavy atom. The Labute approximate surface area is 91.4 Å². The molecular weight excluding hydrogens is 216 g/mol.